The number of nitriles is 1. The predicted molar refractivity (Wildman–Crippen MR) is 115 cm³/mol. The van der Waals surface area contributed by atoms with Crippen molar-refractivity contribution in [3.63, 3.8) is 0 Å². The van der Waals surface area contributed by atoms with E-state index in [0.717, 1.165) is 52.5 Å². The molecule has 2 heterocycles. The van der Waals surface area contributed by atoms with Crippen LogP contribution in [0.1, 0.15) is 45.8 Å². The fourth-order valence-electron chi connectivity index (χ4n) is 3.92. The van der Waals surface area contributed by atoms with Crippen molar-refractivity contribution in [1.82, 2.24) is 4.57 Å². The molecule has 0 aliphatic heterocycles. The lowest BCUT2D eigenvalue weighted by molar-refractivity contribution is -0.384. The first-order chi connectivity index (χ1) is 14.0. The van der Waals surface area contributed by atoms with E-state index in [0.29, 0.717) is 0 Å². The second kappa shape index (κ2) is 7.64. The van der Waals surface area contributed by atoms with Gasteiger partial charge in [-0.05, 0) is 63.3 Å². The summed E-state index contributed by atoms with van der Waals surface area (Å²) in [5, 5.41) is 21.3. The number of hydrogen-bond acceptors (Lipinski definition) is 5. The molecule has 0 saturated heterocycles. The normalized spacial score (nSPS) is 13.4. The summed E-state index contributed by atoms with van der Waals surface area (Å²) in [6.07, 6.45) is 6.15. The number of hydrogen-bond donors (Lipinski definition) is 0. The van der Waals surface area contributed by atoms with Crippen LogP contribution in [0.3, 0.4) is 0 Å². The highest BCUT2D eigenvalue weighted by atomic mass is 32.1. The molecule has 2 aromatic heterocycles. The van der Waals surface area contributed by atoms with E-state index in [1.54, 1.807) is 23.5 Å². The minimum Gasteiger partial charge on any atom is -0.318 e. The van der Waals surface area contributed by atoms with E-state index in [-0.39, 0.29) is 5.69 Å². The molecule has 0 amide bonds. The maximum Gasteiger partial charge on any atom is 0.269 e. The molecule has 0 bridgehead atoms. The molecule has 0 saturated carbocycles. The minimum atomic E-state index is -0.398. The number of aromatic nitrogens is 1. The Kier molecular flexibility index (Phi) is 5.03. The van der Waals surface area contributed by atoms with Crippen LogP contribution in [0.5, 0.6) is 0 Å². The molecule has 1 aliphatic rings. The van der Waals surface area contributed by atoms with Gasteiger partial charge in [0.05, 0.1) is 10.5 Å². The average Bonchev–Trinajstić information content (AvgIpc) is 3.22. The number of nitrogens with zero attached hydrogens (tertiary/aromatic N) is 4. The van der Waals surface area contributed by atoms with Gasteiger partial charge in [-0.25, -0.2) is 4.99 Å². The summed E-state index contributed by atoms with van der Waals surface area (Å²) in [5.41, 5.74) is 5.84. The predicted octanol–water partition coefficient (Wildman–Crippen LogP) is 5.56. The zero-order chi connectivity index (χ0) is 20.5. The SMILES string of the molecule is Cc1cc(C=Nc2sc3c(c2C#N)CCCC3)c(C)n1-c1ccc([N+](=O)[O-])cc1. The van der Waals surface area contributed by atoms with E-state index in [2.05, 4.69) is 15.6 Å². The van der Waals surface area contributed by atoms with Crippen molar-refractivity contribution in [3.8, 4) is 11.8 Å². The van der Waals surface area contributed by atoms with Crippen LogP contribution in [0.25, 0.3) is 5.69 Å². The monoisotopic (exact) mass is 404 g/mol. The van der Waals surface area contributed by atoms with Gasteiger partial charge in [0.2, 0.25) is 0 Å². The zero-order valence-electron chi connectivity index (χ0n) is 16.3. The van der Waals surface area contributed by atoms with Gasteiger partial charge in [0, 0.05) is 45.9 Å². The Bertz CT molecular complexity index is 1160. The lowest BCUT2D eigenvalue weighted by Crippen LogP contribution is -2.00. The second-order valence-corrected chi connectivity index (χ2v) is 8.28. The third-order valence-corrected chi connectivity index (χ3v) is 6.57. The first-order valence-corrected chi connectivity index (χ1v) is 10.3. The van der Waals surface area contributed by atoms with Gasteiger partial charge in [-0.3, -0.25) is 10.1 Å². The van der Waals surface area contributed by atoms with Gasteiger partial charge in [0.15, 0.2) is 0 Å². The van der Waals surface area contributed by atoms with Gasteiger partial charge in [0.25, 0.3) is 5.69 Å². The second-order valence-electron chi connectivity index (χ2n) is 7.20. The average molecular weight is 404 g/mol. The van der Waals surface area contributed by atoms with E-state index in [9.17, 15) is 15.4 Å². The van der Waals surface area contributed by atoms with Gasteiger partial charge < -0.3 is 4.57 Å². The molecule has 146 valence electrons. The van der Waals surface area contributed by atoms with Gasteiger partial charge >= 0.3 is 0 Å². The lowest BCUT2D eigenvalue weighted by Gasteiger charge is -2.09. The van der Waals surface area contributed by atoms with Crippen LogP contribution in [0.2, 0.25) is 0 Å². The number of aryl methyl sites for hydroxylation is 2. The van der Waals surface area contributed by atoms with Gasteiger partial charge in [0.1, 0.15) is 11.1 Å². The fourth-order valence-corrected chi connectivity index (χ4v) is 5.11. The molecule has 29 heavy (non-hydrogen) atoms. The molecule has 0 spiro atoms. The quantitative estimate of drug-likeness (QED) is 0.324. The number of aliphatic imine (C=N–C) groups is 1. The summed E-state index contributed by atoms with van der Waals surface area (Å²) in [5.74, 6) is 0. The van der Waals surface area contributed by atoms with Crippen molar-refractivity contribution in [2.75, 3.05) is 0 Å². The van der Waals surface area contributed by atoms with Crippen LogP contribution in [0.4, 0.5) is 10.7 Å². The smallest absolute Gasteiger partial charge is 0.269 e. The summed E-state index contributed by atoms with van der Waals surface area (Å²) < 4.78 is 2.05. The minimum absolute atomic E-state index is 0.0729. The lowest BCUT2D eigenvalue weighted by atomic mass is 9.96. The Labute approximate surface area is 172 Å². The van der Waals surface area contributed by atoms with Crippen LogP contribution in [0, 0.1) is 35.3 Å². The van der Waals surface area contributed by atoms with Crippen molar-refractivity contribution in [3.05, 3.63) is 73.4 Å². The Morgan fingerprint density at radius 3 is 2.66 bits per heavy atom. The number of rotatable bonds is 4. The number of fused-ring (bicyclic) bond motifs is 1. The number of thiophene rings is 1. The zero-order valence-corrected chi connectivity index (χ0v) is 17.1. The van der Waals surface area contributed by atoms with E-state index in [1.807, 2.05) is 26.1 Å². The van der Waals surface area contributed by atoms with Crippen molar-refractivity contribution < 1.29 is 4.92 Å². The third-order valence-electron chi connectivity index (χ3n) is 5.37. The van der Waals surface area contributed by atoms with Crippen LogP contribution in [-0.2, 0) is 12.8 Å². The van der Waals surface area contributed by atoms with Crippen molar-refractivity contribution in [2.24, 2.45) is 4.99 Å². The molecule has 0 unspecified atom stereocenters. The Balaban J connectivity index is 1.68. The molecule has 4 rings (SSSR count). The molecular weight excluding hydrogens is 384 g/mol. The van der Waals surface area contributed by atoms with E-state index in [1.165, 1.54) is 29.0 Å². The van der Waals surface area contributed by atoms with Gasteiger partial charge in [-0.1, -0.05) is 0 Å². The third kappa shape index (κ3) is 3.47. The number of benzene rings is 1. The highest BCUT2D eigenvalue weighted by Crippen LogP contribution is 2.39. The molecular formula is C22H20N4O2S. The highest BCUT2D eigenvalue weighted by molar-refractivity contribution is 7.16. The van der Waals surface area contributed by atoms with Crippen molar-refractivity contribution >= 4 is 28.2 Å². The Morgan fingerprint density at radius 2 is 1.97 bits per heavy atom. The molecule has 0 atom stereocenters. The number of non-ortho nitro benzene ring substituents is 1. The van der Waals surface area contributed by atoms with E-state index >= 15 is 0 Å². The van der Waals surface area contributed by atoms with Gasteiger partial charge in [-0.15, -0.1) is 11.3 Å². The number of nitro benzene ring substituents is 1. The largest absolute Gasteiger partial charge is 0.318 e. The van der Waals surface area contributed by atoms with Crippen LogP contribution in [-0.4, -0.2) is 15.7 Å². The molecule has 1 aliphatic carbocycles. The Morgan fingerprint density at radius 1 is 1.24 bits per heavy atom. The topological polar surface area (TPSA) is 84.2 Å². The number of nitro groups is 1. The maximum atomic E-state index is 10.9. The molecule has 7 heteroatoms. The van der Waals surface area contributed by atoms with E-state index < -0.39 is 4.92 Å². The highest BCUT2D eigenvalue weighted by Gasteiger charge is 2.20. The molecule has 0 N–H and O–H groups in total. The summed E-state index contributed by atoms with van der Waals surface area (Å²) in [7, 11) is 0. The van der Waals surface area contributed by atoms with E-state index in [4.69, 9.17) is 0 Å². The molecule has 0 fully saturated rings. The first-order valence-electron chi connectivity index (χ1n) is 9.52. The fraction of sp³-hybridized carbons (Fsp3) is 0.273. The van der Waals surface area contributed by atoms with Crippen molar-refractivity contribution in [1.29, 1.82) is 5.26 Å². The molecule has 6 nitrogen and oxygen atoms in total. The molecule has 0 radical (unpaired) electrons. The van der Waals surface area contributed by atoms with Crippen LogP contribution >= 0.6 is 11.3 Å². The van der Waals surface area contributed by atoms with Crippen LogP contribution in [0.15, 0.2) is 35.3 Å². The standard InChI is InChI=1S/C22H20N4O2S/c1-14-11-16(15(2)25(14)17-7-9-18(10-8-17)26(27)28)13-24-22-20(12-23)19-5-3-4-6-21(19)29-22/h7-11,13H,3-6H2,1-2H3. The molecule has 1 aromatic carbocycles. The Hall–Kier alpha value is -3.24. The maximum absolute atomic E-state index is 10.9. The van der Waals surface area contributed by atoms with Crippen molar-refractivity contribution in [2.45, 2.75) is 39.5 Å². The van der Waals surface area contributed by atoms with Gasteiger partial charge in [-0.2, -0.15) is 5.26 Å². The summed E-state index contributed by atoms with van der Waals surface area (Å²) >= 11 is 1.63. The summed E-state index contributed by atoms with van der Waals surface area (Å²) in [4.78, 5) is 16.5. The first kappa shape index (κ1) is 19.1. The van der Waals surface area contributed by atoms with Crippen LogP contribution < -0.4 is 0 Å². The molecule has 3 aromatic rings. The summed E-state index contributed by atoms with van der Waals surface area (Å²) in [6.45, 7) is 4.00. The summed E-state index contributed by atoms with van der Waals surface area (Å²) in [6, 6.07) is 10.9.